The summed E-state index contributed by atoms with van der Waals surface area (Å²) in [5, 5.41) is 0. The van der Waals surface area contributed by atoms with Gasteiger partial charge in [0, 0.05) is 19.0 Å². The van der Waals surface area contributed by atoms with Gasteiger partial charge in [-0.2, -0.15) is 0 Å². The normalized spacial score (nSPS) is 13.2. The van der Waals surface area contributed by atoms with Gasteiger partial charge in [-0.25, -0.2) is 0 Å². The Labute approximate surface area is 93.1 Å². The van der Waals surface area contributed by atoms with Crippen LogP contribution in [0, 0.1) is 13.8 Å². The van der Waals surface area contributed by atoms with E-state index in [9.17, 15) is 0 Å². The molecule has 0 amide bonds. The largest absolute Gasteiger partial charge is 0.330 e. The highest BCUT2D eigenvalue weighted by Gasteiger charge is 2.11. The van der Waals surface area contributed by atoms with E-state index in [-0.39, 0.29) is 0 Å². The molecule has 2 nitrogen and oxygen atoms in total. The number of nitrogens with zero attached hydrogens (tertiary/aromatic N) is 1. The molecule has 2 heteroatoms. The van der Waals surface area contributed by atoms with Crippen LogP contribution in [0.25, 0.3) is 0 Å². The van der Waals surface area contributed by atoms with E-state index < -0.39 is 0 Å². The second kappa shape index (κ2) is 5.29. The molecule has 1 rings (SSSR count). The zero-order valence-corrected chi connectivity index (χ0v) is 10.2. The SMILES string of the molecule is Cc1ccc(C(CN)CN(C)C)cc1C. The number of aryl methyl sites for hydroxylation is 2. The number of hydrogen-bond acceptors (Lipinski definition) is 2. The molecule has 1 unspecified atom stereocenters. The molecule has 0 saturated carbocycles. The lowest BCUT2D eigenvalue weighted by atomic mass is 9.95. The van der Waals surface area contributed by atoms with Crippen LogP contribution in [0.4, 0.5) is 0 Å². The van der Waals surface area contributed by atoms with Crippen molar-refractivity contribution in [3.05, 3.63) is 34.9 Å². The van der Waals surface area contributed by atoms with E-state index in [4.69, 9.17) is 5.73 Å². The summed E-state index contributed by atoms with van der Waals surface area (Å²) in [4.78, 5) is 2.19. The summed E-state index contributed by atoms with van der Waals surface area (Å²) in [5.41, 5.74) is 9.87. The third kappa shape index (κ3) is 3.33. The monoisotopic (exact) mass is 206 g/mol. The smallest absolute Gasteiger partial charge is 0.00887 e. The van der Waals surface area contributed by atoms with Crippen molar-refractivity contribution in [2.45, 2.75) is 19.8 Å². The summed E-state index contributed by atoms with van der Waals surface area (Å²) >= 11 is 0. The van der Waals surface area contributed by atoms with Crippen LogP contribution in [-0.4, -0.2) is 32.1 Å². The van der Waals surface area contributed by atoms with Crippen LogP contribution >= 0.6 is 0 Å². The fourth-order valence-corrected chi connectivity index (χ4v) is 1.78. The van der Waals surface area contributed by atoms with Crippen molar-refractivity contribution in [2.75, 3.05) is 27.2 Å². The number of nitrogens with two attached hydrogens (primary N) is 1. The Hall–Kier alpha value is -0.860. The Kier molecular flexibility index (Phi) is 4.30. The lowest BCUT2D eigenvalue weighted by molar-refractivity contribution is 0.375. The van der Waals surface area contributed by atoms with Gasteiger partial charge < -0.3 is 10.6 Å². The molecule has 1 aromatic carbocycles. The highest BCUT2D eigenvalue weighted by molar-refractivity contribution is 5.32. The fourth-order valence-electron chi connectivity index (χ4n) is 1.78. The number of hydrogen-bond donors (Lipinski definition) is 1. The molecule has 84 valence electrons. The molecule has 0 aliphatic heterocycles. The lowest BCUT2D eigenvalue weighted by Gasteiger charge is -2.20. The molecule has 0 aliphatic carbocycles. The molecule has 2 N–H and O–H groups in total. The third-order valence-corrected chi connectivity index (χ3v) is 2.87. The molecular formula is C13H22N2. The van der Waals surface area contributed by atoms with Crippen LogP contribution in [0.15, 0.2) is 18.2 Å². The van der Waals surface area contributed by atoms with Crippen molar-refractivity contribution in [3.63, 3.8) is 0 Å². The minimum Gasteiger partial charge on any atom is -0.330 e. The lowest BCUT2D eigenvalue weighted by Crippen LogP contribution is -2.25. The number of likely N-dealkylation sites (N-methyl/N-ethyl adjacent to an activating group) is 1. The van der Waals surface area contributed by atoms with Gasteiger partial charge in [0.15, 0.2) is 0 Å². The zero-order valence-electron chi connectivity index (χ0n) is 10.2. The van der Waals surface area contributed by atoms with Crippen LogP contribution in [-0.2, 0) is 0 Å². The van der Waals surface area contributed by atoms with E-state index in [1.54, 1.807) is 0 Å². The molecule has 15 heavy (non-hydrogen) atoms. The summed E-state index contributed by atoms with van der Waals surface area (Å²) in [7, 11) is 4.17. The van der Waals surface area contributed by atoms with Gasteiger partial charge in [-0.05, 0) is 44.6 Å². The second-order valence-corrected chi connectivity index (χ2v) is 4.54. The van der Waals surface area contributed by atoms with E-state index in [0.717, 1.165) is 6.54 Å². The second-order valence-electron chi connectivity index (χ2n) is 4.54. The molecule has 0 saturated heterocycles. The predicted molar refractivity (Wildman–Crippen MR) is 66.3 cm³/mol. The van der Waals surface area contributed by atoms with Crippen LogP contribution in [0.5, 0.6) is 0 Å². The maximum atomic E-state index is 5.81. The first kappa shape index (κ1) is 12.2. The van der Waals surface area contributed by atoms with Crippen LogP contribution in [0.3, 0.4) is 0 Å². The molecule has 0 aliphatic rings. The highest BCUT2D eigenvalue weighted by Crippen LogP contribution is 2.18. The third-order valence-electron chi connectivity index (χ3n) is 2.87. The van der Waals surface area contributed by atoms with E-state index >= 15 is 0 Å². The van der Waals surface area contributed by atoms with Crippen LogP contribution in [0.2, 0.25) is 0 Å². The summed E-state index contributed by atoms with van der Waals surface area (Å²) in [6.07, 6.45) is 0. The summed E-state index contributed by atoms with van der Waals surface area (Å²) in [5.74, 6) is 0.444. The van der Waals surface area contributed by atoms with Gasteiger partial charge in [0.05, 0.1) is 0 Å². The van der Waals surface area contributed by atoms with Crippen molar-refractivity contribution in [2.24, 2.45) is 5.73 Å². The molecule has 1 aromatic rings. The van der Waals surface area contributed by atoms with Crippen molar-refractivity contribution < 1.29 is 0 Å². The van der Waals surface area contributed by atoms with Crippen LogP contribution < -0.4 is 5.73 Å². The molecule has 0 fully saturated rings. The molecular weight excluding hydrogens is 184 g/mol. The van der Waals surface area contributed by atoms with Crippen molar-refractivity contribution in [1.82, 2.24) is 4.90 Å². The standard InChI is InChI=1S/C13H22N2/c1-10-5-6-12(7-11(10)2)13(8-14)9-15(3)4/h5-7,13H,8-9,14H2,1-4H3. The molecule has 1 atom stereocenters. The quantitative estimate of drug-likeness (QED) is 0.815. The van der Waals surface area contributed by atoms with E-state index in [0.29, 0.717) is 12.5 Å². The maximum absolute atomic E-state index is 5.81. The Bertz CT molecular complexity index is 318. The van der Waals surface area contributed by atoms with Crippen molar-refractivity contribution >= 4 is 0 Å². The Morgan fingerprint density at radius 3 is 2.33 bits per heavy atom. The zero-order chi connectivity index (χ0) is 11.4. The molecule has 0 radical (unpaired) electrons. The van der Waals surface area contributed by atoms with Crippen molar-refractivity contribution in [1.29, 1.82) is 0 Å². The number of benzene rings is 1. The van der Waals surface area contributed by atoms with Gasteiger partial charge in [0.1, 0.15) is 0 Å². The predicted octanol–water partition coefficient (Wildman–Crippen LogP) is 1.91. The average molecular weight is 206 g/mol. The van der Waals surface area contributed by atoms with E-state index in [1.807, 2.05) is 0 Å². The molecule has 0 spiro atoms. The van der Waals surface area contributed by atoms with Gasteiger partial charge in [0.25, 0.3) is 0 Å². The van der Waals surface area contributed by atoms with Gasteiger partial charge in [0.2, 0.25) is 0 Å². The van der Waals surface area contributed by atoms with Gasteiger partial charge in [-0.15, -0.1) is 0 Å². The average Bonchev–Trinajstić information content (AvgIpc) is 2.18. The van der Waals surface area contributed by atoms with Gasteiger partial charge >= 0.3 is 0 Å². The first-order valence-electron chi connectivity index (χ1n) is 5.46. The Morgan fingerprint density at radius 1 is 1.20 bits per heavy atom. The molecule has 0 aromatic heterocycles. The minimum atomic E-state index is 0.444. The van der Waals surface area contributed by atoms with Crippen molar-refractivity contribution in [3.8, 4) is 0 Å². The topological polar surface area (TPSA) is 29.3 Å². The van der Waals surface area contributed by atoms with E-state index in [1.165, 1.54) is 16.7 Å². The molecule has 0 heterocycles. The molecule has 0 bridgehead atoms. The number of rotatable bonds is 4. The highest BCUT2D eigenvalue weighted by atomic mass is 15.1. The van der Waals surface area contributed by atoms with E-state index in [2.05, 4.69) is 51.0 Å². The minimum absolute atomic E-state index is 0.444. The van der Waals surface area contributed by atoms with Gasteiger partial charge in [-0.3, -0.25) is 0 Å². The summed E-state index contributed by atoms with van der Waals surface area (Å²) in [6, 6.07) is 6.64. The summed E-state index contributed by atoms with van der Waals surface area (Å²) < 4.78 is 0. The maximum Gasteiger partial charge on any atom is 0.00887 e. The summed E-state index contributed by atoms with van der Waals surface area (Å²) in [6.45, 7) is 6.02. The first-order valence-corrected chi connectivity index (χ1v) is 5.46. The Balaban J connectivity index is 2.87. The Morgan fingerprint density at radius 2 is 1.87 bits per heavy atom. The first-order chi connectivity index (χ1) is 7.04. The van der Waals surface area contributed by atoms with Gasteiger partial charge in [-0.1, -0.05) is 18.2 Å². The fraction of sp³-hybridized carbons (Fsp3) is 0.538. The van der Waals surface area contributed by atoms with Crippen LogP contribution in [0.1, 0.15) is 22.6 Å².